The van der Waals surface area contributed by atoms with Gasteiger partial charge in [-0.3, -0.25) is 14.5 Å². The lowest BCUT2D eigenvalue weighted by Crippen LogP contribution is -2.45. The van der Waals surface area contributed by atoms with Gasteiger partial charge in [-0.25, -0.2) is 0 Å². The van der Waals surface area contributed by atoms with E-state index in [4.69, 9.17) is 4.74 Å². The molecule has 0 aromatic carbocycles. The maximum absolute atomic E-state index is 11.5. The largest absolute Gasteiger partial charge is 0.380 e. The molecule has 0 radical (unpaired) electrons. The molecule has 0 spiro atoms. The van der Waals surface area contributed by atoms with Gasteiger partial charge in [0.1, 0.15) is 0 Å². The summed E-state index contributed by atoms with van der Waals surface area (Å²) in [6.07, 6.45) is 2.62. The first kappa shape index (κ1) is 11.9. The number of hydrogen-bond acceptors (Lipinski definition) is 3. The lowest BCUT2D eigenvalue weighted by Gasteiger charge is -2.28. The molecule has 0 fully saturated rings. The van der Waals surface area contributed by atoms with Crippen LogP contribution in [0.4, 0.5) is 0 Å². The quantitative estimate of drug-likeness (QED) is 0.637. The highest BCUT2D eigenvalue weighted by atomic mass is 16.5. The first-order valence-electron chi connectivity index (χ1n) is 5.21. The molecule has 1 aliphatic rings. The van der Waals surface area contributed by atoms with E-state index >= 15 is 0 Å². The van der Waals surface area contributed by atoms with Crippen molar-refractivity contribution in [2.24, 2.45) is 5.92 Å². The van der Waals surface area contributed by atoms with Crippen molar-refractivity contribution in [3.8, 4) is 0 Å². The van der Waals surface area contributed by atoms with Gasteiger partial charge < -0.3 is 4.74 Å². The summed E-state index contributed by atoms with van der Waals surface area (Å²) in [7, 11) is 0. The lowest BCUT2D eigenvalue weighted by atomic mass is 10.0. The fourth-order valence-corrected chi connectivity index (χ4v) is 1.54. The zero-order chi connectivity index (χ0) is 11.4. The summed E-state index contributed by atoms with van der Waals surface area (Å²) in [4.78, 5) is 24.2. The fraction of sp³-hybridized carbons (Fsp3) is 0.636. The van der Waals surface area contributed by atoms with Crippen molar-refractivity contribution in [1.82, 2.24) is 4.90 Å². The average Bonchev–Trinajstić information content (AvgIpc) is 2.49. The van der Waals surface area contributed by atoms with Crippen LogP contribution in [-0.2, 0) is 14.3 Å². The van der Waals surface area contributed by atoms with E-state index in [9.17, 15) is 9.59 Å². The third kappa shape index (κ3) is 2.65. The minimum atomic E-state index is -0.238. The zero-order valence-electron chi connectivity index (χ0n) is 9.40. The van der Waals surface area contributed by atoms with Crippen LogP contribution in [0.15, 0.2) is 12.2 Å². The predicted molar refractivity (Wildman–Crippen MR) is 56.1 cm³/mol. The lowest BCUT2D eigenvalue weighted by molar-refractivity contribution is -0.142. The number of imide groups is 1. The summed E-state index contributed by atoms with van der Waals surface area (Å²) in [6.45, 7) is 6.84. The molecule has 0 saturated heterocycles. The Morgan fingerprint density at radius 2 is 1.80 bits per heavy atom. The van der Waals surface area contributed by atoms with Crippen LogP contribution in [0.2, 0.25) is 0 Å². The Morgan fingerprint density at radius 1 is 1.27 bits per heavy atom. The summed E-state index contributed by atoms with van der Waals surface area (Å²) in [5.41, 5.74) is 0. The van der Waals surface area contributed by atoms with E-state index in [0.717, 1.165) is 0 Å². The summed E-state index contributed by atoms with van der Waals surface area (Å²) >= 11 is 0. The Morgan fingerprint density at radius 3 is 2.20 bits per heavy atom. The summed E-state index contributed by atoms with van der Waals surface area (Å²) < 4.78 is 5.29. The third-order valence-electron chi connectivity index (χ3n) is 2.44. The van der Waals surface area contributed by atoms with Gasteiger partial charge in [0.15, 0.2) is 0 Å². The van der Waals surface area contributed by atoms with E-state index in [1.807, 2.05) is 20.8 Å². The Kier molecular flexibility index (Phi) is 4.03. The molecular formula is C11H17NO3. The average molecular weight is 211 g/mol. The highest BCUT2D eigenvalue weighted by Crippen LogP contribution is 2.16. The smallest absolute Gasteiger partial charge is 0.253 e. The van der Waals surface area contributed by atoms with Gasteiger partial charge in [0.2, 0.25) is 0 Å². The molecule has 4 heteroatoms. The third-order valence-corrected chi connectivity index (χ3v) is 2.44. The molecule has 0 aromatic rings. The molecule has 0 saturated carbocycles. The Bertz CT molecular complexity index is 266. The molecule has 0 bridgehead atoms. The van der Waals surface area contributed by atoms with Crippen molar-refractivity contribution in [1.29, 1.82) is 0 Å². The van der Waals surface area contributed by atoms with Crippen molar-refractivity contribution >= 4 is 11.8 Å². The highest BCUT2D eigenvalue weighted by Gasteiger charge is 2.32. The summed E-state index contributed by atoms with van der Waals surface area (Å²) in [6, 6.07) is -0.167. The van der Waals surface area contributed by atoms with Gasteiger partial charge in [0.25, 0.3) is 11.8 Å². The number of nitrogens with zero attached hydrogens (tertiary/aromatic N) is 1. The summed E-state index contributed by atoms with van der Waals surface area (Å²) in [5.74, 6) is -0.277. The van der Waals surface area contributed by atoms with Crippen LogP contribution in [-0.4, -0.2) is 36.0 Å². The molecule has 1 atom stereocenters. The van der Waals surface area contributed by atoms with Gasteiger partial charge in [-0.15, -0.1) is 0 Å². The van der Waals surface area contributed by atoms with Crippen LogP contribution < -0.4 is 0 Å². The zero-order valence-corrected chi connectivity index (χ0v) is 9.40. The monoisotopic (exact) mass is 211 g/mol. The second-order valence-electron chi connectivity index (χ2n) is 3.85. The van der Waals surface area contributed by atoms with Gasteiger partial charge in [-0.1, -0.05) is 13.8 Å². The number of ether oxygens (including phenoxy) is 1. The minimum absolute atomic E-state index is 0.167. The van der Waals surface area contributed by atoms with Crippen LogP contribution in [0.3, 0.4) is 0 Å². The second-order valence-corrected chi connectivity index (χ2v) is 3.85. The van der Waals surface area contributed by atoms with Crippen molar-refractivity contribution in [3.05, 3.63) is 12.2 Å². The van der Waals surface area contributed by atoms with Crippen molar-refractivity contribution in [3.63, 3.8) is 0 Å². The molecule has 1 heterocycles. The van der Waals surface area contributed by atoms with Crippen molar-refractivity contribution in [2.45, 2.75) is 26.8 Å². The minimum Gasteiger partial charge on any atom is -0.380 e. The molecule has 1 aliphatic heterocycles. The molecule has 0 N–H and O–H groups in total. The number of carbonyl (C=O) groups excluding carboxylic acids is 2. The molecular weight excluding hydrogens is 194 g/mol. The van der Waals surface area contributed by atoms with Crippen LogP contribution >= 0.6 is 0 Å². The second kappa shape index (κ2) is 5.07. The van der Waals surface area contributed by atoms with Crippen LogP contribution in [0.25, 0.3) is 0 Å². The van der Waals surface area contributed by atoms with Crippen LogP contribution in [0.5, 0.6) is 0 Å². The molecule has 0 aliphatic carbocycles. The van der Waals surface area contributed by atoms with Gasteiger partial charge in [0, 0.05) is 18.8 Å². The molecule has 0 aromatic heterocycles. The predicted octanol–water partition coefficient (Wildman–Crippen LogP) is 0.972. The Labute approximate surface area is 89.9 Å². The maximum atomic E-state index is 11.5. The van der Waals surface area contributed by atoms with Crippen molar-refractivity contribution < 1.29 is 14.3 Å². The maximum Gasteiger partial charge on any atom is 0.253 e. The molecule has 1 rings (SSSR count). The van der Waals surface area contributed by atoms with Gasteiger partial charge in [0.05, 0.1) is 12.6 Å². The van der Waals surface area contributed by atoms with E-state index in [2.05, 4.69) is 0 Å². The topological polar surface area (TPSA) is 46.6 Å². The fourth-order valence-electron chi connectivity index (χ4n) is 1.54. The van der Waals surface area contributed by atoms with Crippen molar-refractivity contribution in [2.75, 3.05) is 13.2 Å². The van der Waals surface area contributed by atoms with E-state index < -0.39 is 0 Å². The first-order chi connectivity index (χ1) is 7.07. The number of hydrogen-bond donors (Lipinski definition) is 0. The van der Waals surface area contributed by atoms with Crippen LogP contribution in [0.1, 0.15) is 20.8 Å². The summed E-state index contributed by atoms with van der Waals surface area (Å²) in [5, 5.41) is 0. The molecule has 4 nitrogen and oxygen atoms in total. The highest BCUT2D eigenvalue weighted by molar-refractivity contribution is 6.13. The Balaban J connectivity index is 2.71. The number of amides is 2. The van der Waals surface area contributed by atoms with Gasteiger partial charge in [-0.2, -0.15) is 0 Å². The van der Waals surface area contributed by atoms with E-state index in [0.29, 0.717) is 13.2 Å². The number of rotatable bonds is 5. The standard InChI is InChI=1S/C11H17NO3/c1-4-15-7-9(8(2)3)12-10(13)5-6-11(12)14/h5-6,8-9H,4,7H2,1-3H3. The van der Waals surface area contributed by atoms with E-state index in [-0.39, 0.29) is 23.8 Å². The van der Waals surface area contributed by atoms with Crippen LogP contribution in [0, 0.1) is 5.92 Å². The van der Waals surface area contributed by atoms with E-state index in [1.165, 1.54) is 17.1 Å². The molecule has 2 amide bonds. The normalized spacial score (nSPS) is 18.0. The number of carbonyl (C=O) groups is 2. The molecule has 84 valence electrons. The van der Waals surface area contributed by atoms with Gasteiger partial charge in [-0.05, 0) is 12.8 Å². The molecule has 1 unspecified atom stereocenters. The molecule has 15 heavy (non-hydrogen) atoms. The first-order valence-corrected chi connectivity index (χ1v) is 5.21. The SMILES string of the molecule is CCOCC(C(C)C)N1C(=O)C=CC1=O. The van der Waals surface area contributed by atoms with Gasteiger partial charge >= 0.3 is 0 Å². The van der Waals surface area contributed by atoms with E-state index in [1.54, 1.807) is 0 Å². The Hall–Kier alpha value is -1.16.